The predicted molar refractivity (Wildman–Crippen MR) is 76.4 cm³/mol. The molecule has 2 aromatic rings. The van der Waals surface area contributed by atoms with Crippen molar-refractivity contribution < 1.29 is 5.11 Å². The monoisotopic (exact) mass is 280 g/mol. The van der Waals surface area contributed by atoms with Crippen LogP contribution in [0.15, 0.2) is 48.5 Å². The van der Waals surface area contributed by atoms with Crippen LogP contribution in [0.1, 0.15) is 23.5 Å². The van der Waals surface area contributed by atoms with E-state index in [0.717, 1.165) is 5.56 Å². The number of benzene rings is 2. The van der Waals surface area contributed by atoms with E-state index >= 15 is 0 Å². The van der Waals surface area contributed by atoms with E-state index < -0.39 is 0 Å². The van der Waals surface area contributed by atoms with Gasteiger partial charge in [-0.25, -0.2) is 0 Å². The number of aliphatic hydroxyl groups excluding tert-OH is 1. The van der Waals surface area contributed by atoms with Gasteiger partial charge in [-0.2, -0.15) is 0 Å². The smallest absolute Gasteiger partial charge is 0.0595 e. The molecule has 2 aromatic carbocycles. The minimum absolute atomic E-state index is 0.139. The molecule has 0 spiro atoms. The molecule has 0 unspecified atom stereocenters. The Morgan fingerprint density at radius 3 is 2.22 bits per heavy atom. The van der Waals surface area contributed by atoms with E-state index in [1.807, 2.05) is 30.3 Å². The van der Waals surface area contributed by atoms with Gasteiger partial charge in [-0.05, 0) is 29.7 Å². The first-order chi connectivity index (χ1) is 8.72. The van der Waals surface area contributed by atoms with Gasteiger partial charge in [-0.1, -0.05) is 59.6 Å². The Morgan fingerprint density at radius 2 is 1.61 bits per heavy atom. The molecule has 0 saturated heterocycles. The summed E-state index contributed by atoms with van der Waals surface area (Å²) in [5, 5.41) is 10.3. The van der Waals surface area contributed by atoms with Gasteiger partial charge < -0.3 is 5.11 Å². The molecule has 0 aliphatic carbocycles. The van der Waals surface area contributed by atoms with Crippen molar-refractivity contribution in [3.05, 3.63) is 69.7 Å². The third kappa shape index (κ3) is 3.05. The minimum atomic E-state index is 0.139. The van der Waals surface area contributed by atoms with Crippen LogP contribution in [0.5, 0.6) is 0 Å². The second-order valence-corrected chi connectivity index (χ2v) is 4.96. The van der Waals surface area contributed by atoms with Gasteiger partial charge in [0.2, 0.25) is 0 Å². The van der Waals surface area contributed by atoms with Crippen LogP contribution < -0.4 is 0 Å². The van der Waals surface area contributed by atoms with Crippen molar-refractivity contribution in [2.45, 2.75) is 12.3 Å². The van der Waals surface area contributed by atoms with Crippen LogP contribution in [0.2, 0.25) is 10.0 Å². The maximum Gasteiger partial charge on any atom is 0.0595 e. The second kappa shape index (κ2) is 6.24. The lowest BCUT2D eigenvalue weighted by molar-refractivity contribution is 0.281. The Bertz CT molecular complexity index is 511. The van der Waals surface area contributed by atoms with Gasteiger partial charge in [0.15, 0.2) is 0 Å². The quantitative estimate of drug-likeness (QED) is 0.874. The number of halogens is 2. The molecule has 1 N–H and O–H groups in total. The second-order valence-electron chi connectivity index (χ2n) is 4.15. The summed E-state index contributed by atoms with van der Waals surface area (Å²) in [5.41, 5.74) is 2.24. The fourth-order valence-electron chi connectivity index (χ4n) is 2.07. The summed E-state index contributed by atoms with van der Waals surface area (Å²) in [6, 6.07) is 15.7. The van der Waals surface area contributed by atoms with Crippen molar-refractivity contribution in [3.63, 3.8) is 0 Å². The van der Waals surface area contributed by atoms with E-state index in [1.54, 1.807) is 6.07 Å². The Hall–Kier alpha value is -1.02. The van der Waals surface area contributed by atoms with Gasteiger partial charge in [0.1, 0.15) is 0 Å². The molecule has 0 aliphatic heterocycles. The number of rotatable bonds is 4. The Kier molecular flexibility index (Phi) is 4.65. The van der Waals surface area contributed by atoms with Crippen LogP contribution >= 0.6 is 23.2 Å². The van der Waals surface area contributed by atoms with Gasteiger partial charge >= 0.3 is 0 Å². The molecule has 94 valence electrons. The molecule has 18 heavy (non-hydrogen) atoms. The highest BCUT2D eigenvalue weighted by molar-refractivity contribution is 6.42. The van der Waals surface area contributed by atoms with Crippen molar-refractivity contribution in [1.82, 2.24) is 0 Å². The molecule has 0 aromatic heterocycles. The molecule has 0 radical (unpaired) electrons. The zero-order valence-electron chi connectivity index (χ0n) is 9.81. The normalized spacial score (nSPS) is 12.4. The maximum absolute atomic E-state index is 9.22. The fourth-order valence-corrected chi connectivity index (χ4v) is 2.38. The van der Waals surface area contributed by atoms with Gasteiger partial charge in [0, 0.05) is 12.5 Å². The van der Waals surface area contributed by atoms with E-state index in [4.69, 9.17) is 23.2 Å². The number of hydrogen-bond donors (Lipinski definition) is 1. The minimum Gasteiger partial charge on any atom is -0.396 e. The lowest BCUT2D eigenvalue weighted by atomic mass is 9.89. The van der Waals surface area contributed by atoms with Crippen LogP contribution in [-0.4, -0.2) is 11.7 Å². The lowest BCUT2D eigenvalue weighted by Crippen LogP contribution is -2.03. The molecule has 3 heteroatoms. The highest BCUT2D eigenvalue weighted by Crippen LogP contribution is 2.32. The zero-order chi connectivity index (χ0) is 13.0. The molecule has 0 heterocycles. The lowest BCUT2D eigenvalue weighted by Gasteiger charge is -2.17. The predicted octanol–water partition coefficient (Wildman–Crippen LogP) is 4.51. The first kappa shape index (κ1) is 13.4. The molecule has 0 saturated carbocycles. The van der Waals surface area contributed by atoms with Crippen molar-refractivity contribution in [1.29, 1.82) is 0 Å². The summed E-state index contributed by atoms with van der Waals surface area (Å²) in [6.07, 6.45) is 0.669. The highest BCUT2D eigenvalue weighted by atomic mass is 35.5. The van der Waals surface area contributed by atoms with Gasteiger partial charge in [-0.15, -0.1) is 0 Å². The van der Waals surface area contributed by atoms with E-state index in [-0.39, 0.29) is 12.5 Å². The molecule has 1 nitrogen and oxygen atoms in total. The average molecular weight is 281 g/mol. The maximum atomic E-state index is 9.22. The Labute approximate surface area is 117 Å². The Morgan fingerprint density at radius 1 is 0.889 bits per heavy atom. The third-order valence-electron chi connectivity index (χ3n) is 2.97. The molecule has 0 fully saturated rings. The standard InChI is InChI=1S/C15H14Cl2O/c16-14-7-6-12(10-15(14)17)13(8-9-18)11-4-2-1-3-5-11/h1-7,10,13,18H,8-9H2/t13-/m1/s1. The van der Waals surface area contributed by atoms with E-state index in [9.17, 15) is 5.11 Å². The van der Waals surface area contributed by atoms with Crippen LogP contribution in [0.25, 0.3) is 0 Å². The summed E-state index contributed by atoms with van der Waals surface area (Å²) in [4.78, 5) is 0. The molecule has 0 amide bonds. The molecule has 0 aliphatic rings. The van der Waals surface area contributed by atoms with Gasteiger partial charge in [-0.3, -0.25) is 0 Å². The fraction of sp³-hybridized carbons (Fsp3) is 0.200. The topological polar surface area (TPSA) is 20.2 Å². The summed E-state index contributed by atoms with van der Waals surface area (Å²) < 4.78 is 0. The van der Waals surface area contributed by atoms with Crippen molar-refractivity contribution in [2.24, 2.45) is 0 Å². The summed E-state index contributed by atoms with van der Waals surface area (Å²) in [7, 11) is 0. The van der Waals surface area contributed by atoms with E-state index in [0.29, 0.717) is 16.5 Å². The zero-order valence-corrected chi connectivity index (χ0v) is 11.3. The highest BCUT2D eigenvalue weighted by Gasteiger charge is 2.14. The number of aliphatic hydroxyl groups is 1. The molecule has 1 atom stereocenters. The summed E-state index contributed by atoms with van der Waals surface area (Å²) >= 11 is 12.0. The molecular formula is C15H14Cl2O. The van der Waals surface area contributed by atoms with Crippen LogP contribution in [0.3, 0.4) is 0 Å². The van der Waals surface area contributed by atoms with Crippen LogP contribution in [0, 0.1) is 0 Å². The Balaban J connectivity index is 2.38. The number of hydrogen-bond acceptors (Lipinski definition) is 1. The molecule has 0 bridgehead atoms. The summed E-state index contributed by atoms with van der Waals surface area (Å²) in [5.74, 6) is 0.144. The van der Waals surface area contributed by atoms with Crippen LogP contribution in [-0.2, 0) is 0 Å². The van der Waals surface area contributed by atoms with E-state index in [2.05, 4.69) is 12.1 Å². The van der Waals surface area contributed by atoms with Gasteiger partial charge in [0.05, 0.1) is 10.0 Å². The largest absolute Gasteiger partial charge is 0.396 e. The van der Waals surface area contributed by atoms with Crippen molar-refractivity contribution in [3.8, 4) is 0 Å². The first-order valence-electron chi connectivity index (χ1n) is 5.83. The third-order valence-corrected chi connectivity index (χ3v) is 3.70. The summed E-state index contributed by atoms with van der Waals surface area (Å²) in [6.45, 7) is 0.139. The van der Waals surface area contributed by atoms with Gasteiger partial charge in [0.25, 0.3) is 0 Å². The first-order valence-corrected chi connectivity index (χ1v) is 6.58. The SMILES string of the molecule is OCC[C@H](c1ccccc1)c1ccc(Cl)c(Cl)c1. The van der Waals surface area contributed by atoms with Crippen molar-refractivity contribution >= 4 is 23.2 Å². The van der Waals surface area contributed by atoms with Crippen LogP contribution in [0.4, 0.5) is 0 Å². The molecule has 2 rings (SSSR count). The molecular weight excluding hydrogens is 267 g/mol. The average Bonchev–Trinajstić information content (AvgIpc) is 2.40. The van der Waals surface area contributed by atoms with E-state index in [1.165, 1.54) is 5.56 Å². The van der Waals surface area contributed by atoms with Crippen molar-refractivity contribution in [2.75, 3.05) is 6.61 Å².